The van der Waals surface area contributed by atoms with E-state index in [0.717, 1.165) is 38.5 Å². The van der Waals surface area contributed by atoms with Crippen LogP contribution < -0.4 is 0 Å². The van der Waals surface area contributed by atoms with Crippen molar-refractivity contribution < 1.29 is 23.8 Å². The first-order valence-corrected chi connectivity index (χ1v) is 11.0. The lowest BCUT2D eigenvalue weighted by Gasteiger charge is -2.66. The fourth-order valence-corrected chi connectivity index (χ4v) is 7.03. The number of ether oxygens (including phenoxy) is 3. The van der Waals surface area contributed by atoms with Gasteiger partial charge in [-0.05, 0) is 64.2 Å². The summed E-state index contributed by atoms with van der Waals surface area (Å²) in [5.74, 6) is 0.0993. The average molecular weight is 407 g/mol. The molecule has 0 amide bonds. The number of hydrogen-bond acceptors (Lipinski definition) is 5. The van der Waals surface area contributed by atoms with Gasteiger partial charge in [-0.15, -0.1) is 6.58 Å². The van der Waals surface area contributed by atoms with Gasteiger partial charge in [0.15, 0.2) is 0 Å². The van der Waals surface area contributed by atoms with E-state index in [1.165, 1.54) is 13.8 Å². The Morgan fingerprint density at radius 1 is 1.00 bits per heavy atom. The second-order valence-corrected chi connectivity index (χ2v) is 10.6. The summed E-state index contributed by atoms with van der Waals surface area (Å²) in [6.07, 6.45) is 7.29. The largest absolute Gasteiger partial charge is 0.465 e. The highest BCUT2D eigenvalue weighted by molar-refractivity contribution is 5.66. The fourth-order valence-electron chi connectivity index (χ4n) is 7.03. The Morgan fingerprint density at radius 3 is 2.24 bits per heavy atom. The molecule has 2 saturated carbocycles. The van der Waals surface area contributed by atoms with E-state index in [1.807, 2.05) is 6.08 Å². The van der Waals surface area contributed by atoms with Gasteiger partial charge in [-0.3, -0.25) is 9.59 Å². The number of carbonyl (C=O) groups is 2. The van der Waals surface area contributed by atoms with E-state index >= 15 is 0 Å². The minimum Gasteiger partial charge on any atom is -0.465 e. The van der Waals surface area contributed by atoms with Gasteiger partial charge < -0.3 is 14.2 Å². The molecule has 1 aliphatic heterocycles. The van der Waals surface area contributed by atoms with Crippen LogP contribution in [0.3, 0.4) is 0 Å². The summed E-state index contributed by atoms with van der Waals surface area (Å²) in [7, 11) is 0. The molecule has 3 aliphatic rings. The van der Waals surface area contributed by atoms with Crippen molar-refractivity contribution in [2.75, 3.05) is 6.61 Å². The van der Waals surface area contributed by atoms with Crippen molar-refractivity contribution in [2.24, 2.45) is 22.7 Å². The SMILES string of the molecule is C=C[C@@]1(C)CC[C@H]2[C@@]3(C)[C@H](OC(C)=O)CC[C@@](C)(COC(C)=O)[C@@H]3CC[C@@]2(C)O1. The van der Waals surface area contributed by atoms with Gasteiger partial charge in [0, 0.05) is 24.7 Å². The van der Waals surface area contributed by atoms with Gasteiger partial charge >= 0.3 is 11.9 Å². The van der Waals surface area contributed by atoms with E-state index in [1.54, 1.807) is 0 Å². The zero-order chi connectivity index (χ0) is 21.7. The number of rotatable bonds is 4. The average Bonchev–Trinajstić information content (AvgIpc) is 2.62. The molecule has 0 aromatic heterocycles. The number of hydrogen-bond donors (Lipinski definition) is 0. The van der Waals surface area contributed by atoms with Crippen LogP contribution in [0.2, 0.25) is 0 Å². The third kappa shape index (κ3) is 3.75. The quantitative estimate of drug-likeness (QED) is 0.494. The van der Waals surface area contributed by atoms with Gasteiger partial charge in [-0.2, -0.15) is 0 Å². The highest BCUT2D eigenvalue weighted by atomic mass is 16.5. The molecule has 0 radical (unpaired) electrons. The van der Waals surface area contributed by atoms with E-state index in [4.69, 9.17) is 14.2 Å². The molecule has 0 unspecified atom stereocenters. The van der Waals surface area contributed by atoms with Gasteiger partial charge in [-0.1, -0.05) is 19.9 Å². The maximum absolute atomic E-state index is 12.0. The van der Waals surface area contributed by atoms with Crippen molar-refractivity contribution in [1.29, 1.82) is 0 Å². The van der Waals surface area contributed by atoms with Crippen molar-refractivity contribution in [3.63, 3.8) is 0 Å². The summed E-state index contributed by atoms with van der Waals surface area (Å²) in [5, 5.41) is 0. The highest BCUT2D eigenvalue weighted by Gasteiger charge is 2.66. The smallest absolute Gasteiger partial charge is 0.302 e. The molecule has 0 spiro atoms. The molecule has 3 rings (SSSR count). The Balaban J connectivity index is 2.00. The normalized spacial score (nSPS) is 46.8. The molecule has 5 heteroatoms. The topological polar surface area (TPSA) is 61.8 Å². The van der Waals surface area contributed by atoms with Crippen molar-refractivity contribution in [2.45, 2.75) is 97.4 Å². The Kier molecular flexibility index (Phi) is 5.70. The lowest BCUT2D eigenvalue weighted by atomic mass is 9.43. The molecular weight excluding hydrogens is 368 g/mol. The fraction of sp³-hybridized carbons (Fsp3) is 0.833. The number of carbonyl (C=O) groups excluding carboxylic acids is 2. The Labute approximate surface area is 175 Å². The van der Waals surface area contributed by atoms with E-state index in [2.05, 4.69) is 34.3 Å². The number of esters is 2. The summed E-state index contributed by atoms with van der Waals surface area (Å²) in [6.45, 7) is 16.3. The number of fused-ring (bicyclic) bond motifs is 3. The Morgan fingerprint density at radius 2 is 1.66 bits per heavy atom. The first-order chi connectivity index (χ1) is 13.4. The maximum Gasteiger partial charge on any atom is 0.302 e. The third-order valence-electron chi connectivity index (χ3n) is 8.42. The molecule has 0 bridgehead atoms. The predicted octanol–water partition coefficient (Wildman–Crippen LogP) is 4.83. The van der Waals surface area contributed by atoms with Crippen LogP contribution in [0.4, 0.5) is 0 Å². The Bertz CT molecular complexity index is 689. The van der Waals surface area contributed by atoms with Crippen molar-refractivity contribution in [1.82, 2.24) is 0 Å². The van der Waals surface area contributed by atoms with Crippen molar-refractivity contribution in [3.05, 3.63) is 12.7 Å². The molecule has 0 aromatic rings. The van der Waals surface area contributed by atoms with Crippen LogP contribution in [0.25, 0.3) is 0 Å². The monoisotopic (exact) mass is 406 g/mol. The lowest BCUT2D eigenvalue weighted by molar-refractivity contribution is -0.280. The molecule has 1 saturated heterocycles. The minimum atomic E-state index is -0.318. The molecular formula is C24H38O5. The molecule has 1 heterocycles. The first-order valence-electron chi connectivity index (χ1n) is 11.0. The third-order valence-corrected chi connectivity index (χ3v) is 8.42. The molecule has 3 fully saturated rings. The maximum atomic E-state index is 12.0. The molecule has 0 aromatic carbocycles. The standard InChI is InChI=1S/C24H38O5/c1-8-22(5)13-9-19-23(6,29-22)14-10-18-21(4,15-27-16(2)25)12-11-20(24(18,19)7)28-17(3)26/h8,18-20H,1,9-15H2,2-7H3/t18-,19+,20+,21-,22-,23+,24-/m0/s1. The lowest BCUT2D eigenvalue weighted by Crippen LogP contribution is -2.67. The zero-order valence-corrected chi connectivity index (χ0v) is 19.0. The molecule has 7 atom stereocenters. The molecule has 5 nitrogen and oxygen atoms in total. The van der Waals surface area contributed by atoms with Crippen LogP contribution in [-0.2, 0) is 23.8 Å². The zero-order valence-electron chi connectivity index (χ0n) is 19.0. The van der Waals surface area contributed by atoms with E-state index in [0.29, 0.717) is 12.5 Å². The second-order valence-electron chi connectivity index (χ2n) is 10.6. The van der Waals surface area contributed by atoms with Crippen LogP contribution in [0, 0.1) is 22.7 Å². The van der Waals surface area contributed by atoms with Crippen LogP contribution in [0.15, 0.2) is 12.7 Å². The van der Waals surface area contributed by atoms with Crippen LogP contribution in [0.5, 0.6) is 0 Å². The van der Waals surface area contributed by atoms with Crippen molar-refractivity contribution >= 4 is 11.9 Å². The summed E-state index contributed by atoms with van der Waals surface area (Å²) < 4.78 is 18.2. The van der Waals surface area contributed by atoms with Gasteiger partial charge in [0.25, 0.3) is 0 Å². The van der Waals surface area contributed by atoms with Crippen LogP contribution in [0.1, 0.15) is 80.1 Å². The van der Waals surface area contributed by atoms with Gasteiger partial charge in [0.05, 0.1) is 17.8 Å². The van der Waals surface area contributed by atoms with E-state index in [-0.39, 0.29) is 46.0 Å². The molecule has 29 heavy (non-hydrogen) atoms. The van der Waals surface area contributed by atoms with E-state index in [9.17, 15) is 9.59 Å². The van der Waals surface area contributed by atoms with Gasteiger partial charge in [0.2, 0.25) is 0 Å². The first kappa shape index (κ1) is 22.3. The highest BCUT2D eigenvalue weighted by Crippen LogP contribution is 2.66. The summed E-state index contributed by atoms with van der Waals surface area (Å²) in [4.78, 5) is 23.5. The minimum absolute atomic E-state index is 0.127. The van der Waals surface area contributed by atoms with Gasteiger partial charge in [0.1, 0.15) is 6.10 Å². The molecule has 164 valence electrons. The molecule has 0 N–H and O–H groups in total. The molecule has 2 aliphatic carbocycles. The predicted molar refractivity (Wildman–Crippen MR) is 111 cm³/mol. The van der Waals surface area contributed by atoms with E-state index < -0.39 is 0 Å². The van der Waals surface area contributed by atoms with Crippen molar-refractivity contribution in [3.8, 4) is 0 Å². The summed E-state index contributed by atoms with van der Waals surface area (Å²) in [6, 6.07) is 0. The van der Waals surface area contributed by atoms with Gasteiger partial charge in [-0.25, -0.2) is 0 Å². The Hall–Kier alpha value is -1.36. The van der Waals surface area contributed by atoms with Crippen LogP contribution in [-0.4, -0.2) is 35.9 Å². The summed E-state index contributed by atoms with van der Waals surface area (Å²) in [5.41, 5.74) is -0.961. The van der Waals surface area contributed by atoms with Crippen LogP contribution >= 0.6 is 0 Å². The second kappa shape index (κ2) is 7.40. The summed E-state index contributed by atoms with van der Waals surface area (Å²) >= 11 is 0.